The fourth-order valence-corrected chi connectivity index (χ4v) is 3.51. The zero-order valence-corrected chi connectivity index (χ0v) is 24.3. The van der Waals surface area contributed by atoms with Gasteiger partial charge >= 0.3 is 0 Å². The van der Waals surface area contributed by atoms with Crippen molar-refractivity contribution in [1.29, 1.82) is 0 Å². The molecule has 0 atom stereocenters. The summed E-state index contributed by atoms with van der Waals surface area (Å²) in [6, 6.07) is 0. The van der Waals surface area contributed by atoms with Crippen molar-refractivity contribution >= 4 is 93.5 Å². The van der Waals surface area contributed by atoms with Crippen LogP contribution in [0.1, 0.15) is 51.4 Å². The van der Waals surface area contributed by atoms with E-state index in [1.807, 2.05) is 0 Å². The monoisotopic (exact) mass is 592 g/mol. The number of Topliss-reactive ketones (excluding diaryl/α,β-unsaturated/α-hetero) is 4. The van der Waals surface area contributed by atoms with Gasteiger partial charge in [-0.1, -0.05) is 48.9 Å². The van der Waals surface area contributed by atoms with Gasteiger partial charge in [0.15, 0.2) is 23.1 Å². The third kappa shape index (κ3) is 20.5. The lowest BCUT2D eigenvalue weighted by Crippen LogP contribution is -2.42. The summed E-state index contributed by atoms with van der Waals surface area (Å²) in [5, 5.41) is 4.49. The molecule has 0 amide bonds. The smallest absolute Gasteiger partial charge is 0.166 e. The maximum Gasteiger partial charge on any atom is 0.166 e. The molecule has 0 aromatic carbocycles. The minimum atomic E-state index is -0.690. The Hall–Kier alpha value is -1.12. The molecule has 0 aromatic rings. The lowest BCUT2D eigenvalue weighted by molar-refractivity contribution is -0.116. The molecule has 0 heterocycles. The number of rotatable bonds is 28. The molecule has 0 aliphatic rings. The summed E-state index contributed by atoms with van der Waals surface area (Å²) in [6.07, 6.45) is 3.28. The third-order valence-corrected chi connectivity index (χ3v) is 6.06. The number of carbonyl (C=O) groups excluding carboxylic acids is 4. The molecule has 0 saturated carbocycles. The maximum absolute atomic E-state index is 11.4. The van der Waals surface area contributed by atoms with E-state index < -0.39 is 5.41 Å². The van der Waals surface area contributed by atoms with E-state index in [9.17, 15) is 19.2 Å². The van der Waals surface area contributed by atoms with E-state index in [0.29, 0.717) is 77.8 Å². The van der Waals surface area contributed by atoms with Crippen molar-refractivity contribution < 1.29 is 38.1 Å². The van der Waals surface area contributed by atoms with Crippen LogP contribution in [-0.2, 0) is 38.1 Å². The van der Waals surface area contributed by atoms with Crippen LogP contribution in [0.5, 0.6) is 0 Å². The molecule has 0 aliphatic carbocycles. The van der Waals surface area contributed by atoms with E-state index in [1.165, 1.54) is 0 Å². The van der Waals surface area contributed by atoms with Crippen molar-refractivity contribution in [3.63, 3.8) is 0 Å². The molecule has 0 aliphatic heterocycles. The SMILES string of the molecule is O=C(C=S)CCCOCC(COCCCC(=O)C=S)(COCCCC(=O)C=S)COCCCC(=O)C=S. The number of thiocarbonyl (C=S) groups is 4. The Morgan fingerprint density at radius 1 is 0.459 bits per heavy atom. The molecule has 208 valence electrons. The van der Waals surface area contributed by atoms with Gasteiger partial charge in [-0.25, -0.2) is 0 Å². The first-order chi connectivity index (χ1) is 17.8. The van der Waals surface area contributed by atoms with Crippen LogP contribution in [0, 0.1) is 5.41 Å². The highest BCUT2D eigenvalue weighted by molar-refractivity contribution is 7.81. The maximum atomic E-state index is 11.4. The van der Waals surface area contributed by atoms with E-state index in [1.54, 1.807) is 0 Å². The van der Waals surface area contributed by atoms with E-state index in [4.69, 9.17) is 18.9 Å². The van der Waals surface area contributed by atoms with Gasteiger partial charge in [0, 0.05) is 73.6 Å². The van der Waals surface area contributed by atoms with Crippen molar-refractivity contribution in [2.75, 3.05) is 52.9 Å². The summed E-state index contributed by atoms with van der Waals surface area (Å²) in [5.41, 5.74) is -0.690. The second kappa shape index (κ2) is 24.0. The Morgan fingerprint density at radius 3 is 0.865 bits per heavy atom. The van der Waals surface area contributed by atoms with Crippen LogP contribution in [0.15, 0.2) is 0 Å². The number of hydrogen-bond donors (Lipinski definition) is 0. The van der Waals surface area contributed by atoms with Crippen molar-refractivity contribution in [3.8, 4) is 0 Å². The van der Waals surface area contributed by atoms with Crippen LogP contribution < -0.4 is 0 Å². The first kappa shape index (κ1) is 35.9. The number of ketones is 4. The summed E-state index contributed by atoms with van der Waals surface area (Å²) in [5.74, 6) is -0.491. The van der Waals surface area contributed by atoms with E-state index in [-0.39, 0.29) is 49.6 Å². The second-order valence-electron chi connectivity index (χ2n) is 8.46. The molecule has 12 heteroatoms. The van der Waals surface area contributed by atoms with Crippen LogP contribution in [0.2, 0.25) is 0 Å². The molecule has 0 aromatic heterocycles. The molecule has 8 nitrogen and oxygen atoms in total. The fourth-order valence-electron chi connectivity index (χ4n) is 3.03. The van der Waals surface area contributed by atoms with Crippen molar-refractivity contribution in [1.82, 2.24) is 0 Å². The van der Waals surface area contributed by atoms with Gasteiger partial charge in [-0.2, -0.15) is 0 Å². The normalized spacial score (nSPS) is 11.0. The number of hydrogen-bond acceptors (Lipinski definition) is 12. The van der Waals surface area contributed by atoms with Gasteiger partial charge < -0.3 is 18.9 Å². The summed E-state index contributed by atoms with van der Waals surface area (Å²) < 4.78 is 23.5. The van der Waals surface area contributed by atoms with Crippen LogP contribution in [0.25, 0.3) is 0 Å². The summed E-state index contributed by atoms with van der Waals surface area (Å²) >= 11 is 18.6. The largest absolute Gasteiger partial charge is 0.381 e. The quantitative estimate of drug-likeness (QED) is 0.0982. The van der Waals surface area contributed by atoms with Crippen LogP contribution in [-0.4, -0.2) is 97.5 Å². The van der Waals surface area contributed by atoms with Crippen LogP contribution in [0.4, 0.5) is 0 Å². The summed E-state index contributed by atoms with van der Waals surface area (Å²) in [4.78, 5) is 45.7. The molecule has 0 unspecified atom stereocenters. The van der Waals surface area contributed by atoms with Gasteiger partial charge in [-0.3, -0.25) is 19.2 Å². The highest BCUT2D eigenvalue weighted by atomic mass is 32.1. The third-order valence-electron chi connectivity index (χ3n) is 5.01. The van der Waals surface area contributed by atoms with Crippen molar-refractivity contribution in [2.45, 2.75) is 51.4 Å². The van der Waals surface area contributed by atoms with Crippen molar-refractivity contribution in [3.05, 3.63) is 0 Å². The lowest BCUT2D eigenvalue weighted by Gasteiger charge is -2.33. The highest BCUT2D eigenvalue weighted by Gasteiger charge is 2.32. The van der Waals surface area contributed by atoms with Crippen molar-refractivity contribution in [2.24, 2.45) is 5.41 Å². The molecular formula is C25H36O8S4. The highest BCUT2D eigenvalue weighted by Crippen LogP contribution is 2.22. The Kier molecular flexibility index (Phi) is 23.2. The second-order valence-corrected chi connectivity index (χ2v) is 9.40. The average Bonchev–Trinajstić information content (AvgIpc) is 2.91. The summed E-state index contributed by atoms with van der Waals surface area (Å²) in [7, 11) is 0. The number of ether oxygens (including phenoxy) is 4. The molecule has 0 saturated heterocycles. The molecule has 0 N–H and O–H groups in total. The van der Waals surface area contributed by atoms with E-state index in [2.05, 4.69) is 48.9 Å². The average molecular weight is 593 g/mol. The first-order valence-electron chi connectivity index (χ1n) is 12.1. The van der Waals surface area contributed by atoms with Gasteiger partial charge in [-0.15, -0.1) is 0 Å². The minimum Gasteiger partial charge on any atom is -0.381 e. The molecule has 0 spiro atoms. The topological polar surface area (TPSA) is 105 Å². The van der Waals surface area contributed by atoms with Gasteiger partial charge in [-0.05, 0) is 25.7 Å². The predicted octanol–water partition coefficient (Wildman–Crippen LogP) is 3.44. The van der Waals surface area contributed by atoms with Gasteiger partial charge in [0.05, 0.1) is 31.8 Å². The standard InChI is InChI=1S/C25H36O8S4/c26-21(13-34)5-1-9-30-17-25(18-31-10-2-6-22(27)14-35,19-32-11-3-7-23(28)15-36)20-33-12-4-8-24(29)16-37/h13-16H,1-12,17-20H2. The minimum absolute atomic E-state index is 0.123. The zero-order chi connectivity index (χ0) is 27.8. The van der Waals surface area contributed by atoms with E-state index >= 15 is 0 Å². The molecule has 0 bridgehead atoms. The van der Waals surface area contributed by atoms with Gasteiger partial charge in [0.2, 0.25) is 0 Å². The zero-order valence-electron chi connectivity index (χ0n) is 21.0. The Labute approximate surface area is 240 Å². The van der Waals surface area contributed by atoms with Gasteiger partial charge in [0.25, 0.3) is 0 Å². The van der Waals surface area contributed by atoms with E-state index in [0.717, 1.165) is 21.5 Å². The van der Waals surface area contributed by atoms with Crippen LogP contribution in [0.3, 0.4) is 0 Å². The molecular weight excluding hydrogens is 557 g/mol. The number of carbonyl (C=O) groups is 4. The summed E-state index contributed by atoms with van der Waals surface area (Å²) in [6.45, 7) is 2.28. The van der Waals surface area contributed by atoms with Gasteiger partial charge in [0.1, 0.15) is 0 Å². The Morgan fingerprint density at radius 2 is 0.676 bits per heavy atom. The fraction of sp³-hybridized carbons (Fsp3) is 0.680. The molecule has 0 radical (unpaired) electrons. The molecule has 0 fully saturated rings. The Balaban J connectivity index is 5.11. The Bertz CT molecular complexity index is 631. The van der Waals surface area contributed by atoms with Crippen LogP contribution >= 0.6 is 48.9 Å². The first-order valence-corrected chi connectivity index (χ1v) is 13.9. The molecule has 0 rings (SSSR count). The lowest BCUT2D eigenvalue weighted by atomic mass is 9.92. The predicted molar refractivity (Wildman–Crippen MR) is 157 cm³/mol. The molecule has 37 heavy (non-hydrogen) atoms.